The van der Waals surface area contributed by atoms with E-state index in [1.165, 1.54) is 17.1 Å². The molecule has 1 aromatic heterocycles. The van der Waals surface area contributed by atoms with E-state index in [-0.39, 0.29) is 36.3 Å². The Morgan fingerprint density at radius 3 is 2.40 bits per heavy atom. The highest BCUT2D eigenvalue weighted by molar-refractivity contribution is 5.82. The van der Waals surface area contributed by atoms with Crippen molar-refractivity contribution in [3.63, 3.8) is 0 Å². The van der Waals surface area contributed by atoms with E-state index in [9.17, 15) is 9.59 Å². The smallest absolute Gasteiger partial charge is 0.331 e. The lowest BCUT2D eigenvalue weighted by Crippen LogP contribution is -2.42. The number of rotatable bonds is 8. The maximum absolute atomic E-state index is 15.2. The molecule has 0 amide bonds. The van der Waals surface area contributed by atoms with Gasteiger partial charge >= 0.3 is 5.69 Å². The first kappa shape index (κ1) is 23.8. The van der Waals surface area contributed by atoms with Gasteiger partial charge in [0, 0.05) is 12.1 Å². The van der Waals surface area contributed by atoms with Crippen LogP contribution in [0.2, 0.25) is 0 Å². The van der Waals surface area contributed by atoms with Crippen LogP contribution in [0.3, 0.4) is 0 Å². The van der Waals surface area contributed by atoms with E-state index in [0.29, 0.717) is 17.8 Å². The molecule has 186 valence electrons. The fraction of sp³-hybridized carbons (Fsp3) is 0.500. The van der Waals surface area contributed by atoms with E-state index in [4.69, 9.17) is 4.74 Å². The second kappa shape index (κ2) is 10.8. The predicted octanol–water partition coefficient (Wildman–Crippen LogP) is 5.38. The first-order valence-corrected chi connectivity index (χ1v) is 13.0. The highest BCUT2D eigenvalue weighted by Crippen LogP contribution is 2.32. The van der Waals surface area contributed by atoms with Crippen LogP contribution in [0.15, 0.2) is 52.1 Å². The number of ether oxygens (including phenoxy) is 1. The summed E-state index contributed by atoms with van der Waals surface area (Å²) >= 11 is 0. The zero-order valence-corrected chi connectivity index (χ0v) is 20.2. The van der Waals surface area contributed by atoms with Gasteiger partial charge in [0.15, 0.2) is 0 Å². The number of halogens is 1. The molecule has 3 aromatic rings. The molecule has 0 spiro atoms. The first-order chi connectivity index (χ1) is 17.1. The van der Waals surface area contributed by atoms with Crippen LogP contribution in [0.25, 0.3) is 10.9 Å². The van der Waals surface area contributed by atoms with Gasteiger partial charge in [-0.2, -0.15) is 0 Å². The number of nitrogens with zero attached hydrogens (tertiary/aromatic N) is 2. The van der Waals surface area contributed by atoms with Crippen LogP contribution in [-0.2, 0) is 17.9 Å². The summed E-state index contributed by atoms with van der Waals surface area (Å²) in [5.74, 6) is -0.441. The number of fused-ring (bicyclic) bond motifs is 1. The summed E-state index contributed by atoms with van der Waals surface area (Å²) in [6, 6.07) is 13.0. The molecule has 0 atom stereocenters. The molecular formula is C28H34FN3O3. The third-order valence-electron chi connectivity index (χ3n) is 7.48. The third-order valence-corrected chi connectivity index (χ3v) is 7.48. The van der Waals surface area contributed by atoms with Crippen molar-refractivity contribution in [2.45, 2.75) is 83.0 Å². The van der Waals surface area contributed by atoms with Crippen molar-refractivity contribution in [3.8, 4) is 0 Å². The van der Waals surface area contributed by atoms with Gasteiger partial charge in [0.1, 0.15) is 5.82 Å². The number of aromatic nitrogens is 2. The van der Waals surface area contributed by atoms with E-state index < -0.39 is 11.4 Å². The normalized spacial score (nSPS) is 17.3. The second-order valence-electron chi connectivity index (χ2n) is 9.91. The quantitative estimate of drug-likeness (QED) is 0.441. The highest BCUT2D eigenvalue weighted by atomic mass is 19.1. The predicted molar refractivity (Wildman–Crippen MR) is 137 cm³/mol. The maximum atomic E-state index is 15.2. The molecule has 0 bridgehead atoms. The highest BCUT2D eigenvalue weighted by Gasteiger charge is 2.25. The minimum Gasteiger partial charge on any atom is -0.380 e. The molecule has 0 saturated heterocycles. The van der Waals surface area contributed by atoms with Gasteiger partial charge in [-0.3, -0.25) is 13.9 Å². The lowest BCUT2D eigenvalue weighted by atomic mass is 9.95. The molecule has 2 aromatic carbocycles. The zero-order valence-electron chi connectivity index (χ0n) is 20.2. The minimum atomic E-state index is -0.453. The van der Waals surface area contributed by atoms with E-state index in [2.05, 4.69) is 5.32 Å². The van der Waals surface area contributed by atoms with Crippen LogP contribution >= 0.6 is 0 Å². The fourth-order valence-electron chi connectivity index (χ4n) is 5.61. The van der Waals surface area contributed by atoms with Gasteiger partial charge in [-0.05, 0) is 43.4 Å². The molecule has 0 aliphatic heterocycles. The maximum Gasteiger partial charge on any atom is 0.331 e. The lowest BCUT2D eigenvalue weighted by Gasteiger charge is -2.25. The Bertz CT molecular complexity index is 1270. The topological polar surface area (TPSA) is 65.3 Å². The standard InChI is InChI=1S/C28H34FN3O3/c29-24-17-23-26(18-25(24)30-21-11-5-2-6-12-21)32(22-13-7-8-14-22)28(34)31(27(23)33)15-16-35-19-20-9-3-1-4-10-20/h1,3-4,9-10,17-18,21-22,30H,2,5-8,11-16,19H2. The molecule has 35 heavy (non-hydrogen) atoms. The van der Waals surface area contributed by atoms with E-state index in [1.807, 2.05) is 30.3 Å². The Kier molecular flexibility index (Phi) is 7.32. The van der Waals surface area contributed by atoms with E-state index in [0.717, 1.165) is 56.9 Å². The largest absolute Gasteiger partial charge is 0.380 e. The number of anilines is 1. The molecule has 2 aliphatic rings. The number of hydrogen-bond donors (Lipinski definition) is 1. The summed E-state index contributed by atoms with van der Waals surface area (Å²) in [7, 11) is 0. The average molecular weight is 480 g/mol. The Morgan fingerprint density at radius 2 is 1.66 bits per heavy atom. The van der Waals surface area contributed by atoms with Crippen molar-refractivity contribution in [2.75, 3.05) is 11.9 Å². The van der Waals surface area contributed by atoms with Crippen molar-refractivity contribution >= 4 is 16.6 Å². The monoisotopic (exact) mass is 479 g/mol. The summed E-state index contributed by atoms with van der Waals surface area (Å²) in [4.78, 5) is 26.9. The van der Waals surface area contributed by atoms with Crippen molar-refractivity contribution < 1.29 is 9.13 Å². The number of nitrogens with one attached hydrogen (secondary N) is 1. The van der Waals surface area contributed by atoms with Gasteiger partial charge in [-0.1, -0.05) is 62.4 Å². The molecule has 0 unspecified atom stereocenters. The molecular weight excluding hydrogens is 445 g/mol. The summed E-state index contributed by atoms with van der Waals surface area (Å²) in [5, 5.41) is 3.61. The third kappa shape index (κ3) is 5.20. The molecule has 5 rings (SSSR count). The molecule has 2 fully saturated rings. The zero-order chi connectivity index (χ0) is 24.2. The Labute approximate surface area is 204 Å². The minimum absolute atomic E-state index is 0.0232. The van der Waals surface area contributed by atoms with E-state index in [1.54, 1.807) is 10.6 Å². The van der Waals surface area contributed by atoms with Gasteiger partial charge < -0.3 is 10.1 Å². The summed E-state index contributed by atoms with van der Waals surface area (Å²) in [6.45, 7) is 0.770. The second-order valence-corrected chi connectivity index (χ2v) is 9.91. The number of benzene rings is 2. The molecule has 0 radical (unpaired) electrons. The van der Waals surface area contributed by atoms with Gasteiger partial charge in [0.05, 0.1) is 36.3 Å². The Morgan fingerprint density at radius 1 is 0.943 bits per heavy atom. The van der Waals surface area contributed by atoms with Crippen LogP contribution in [0.5, 0.6) is 0 Å². The van der Waals surface area contributed by atoms with E-state index >= 15 is 4.39 Å². The summed E-state index contributed by atoms with van der Waals surface area (Å²) in [5.41, 5.74) is 1.17. The van der Waals surface area contributed by atoms with Crippen molar-refractivity contribution in [1.82, 2.24) is 9.13 Å². The molecule has 2 aliphatic carbocycles. The van der Waals surface area contributed by atoms with Crippen molar-refractivity contribution in [1.29, 1.82) is 0 Å². The van der Waals surface area contributed by atoms with Gasteiger partial charge in [-0.25, -0.2) is 9.18 Å². The average Bonchev–Trinajstić information content (AvgIpc) is 3.40. The summed E-state index contributed by atoms with van der Waals surface area (Å²) < 4.78 is 23.9. The summed E-state index contributed by atoms with van der Waals surface area (Å²) in [6.07, 6.45) is 9.39. The molecule has 7 heteroatoms. The molecule has 1 N–H and O–H groups in total. The number of hydrogen-bond acceptors (Lipinski definition) is 4. The first-order valence-electron chi connectivity index (χ1n) is 13.0. The Balaban J connectivity index is 1.47. The SMILES string of the molecule is O=c1c2cc(F)c(NC3CCCCC3)cc2n(C2CCCC2)c(=O)n1CCOCc1ccccc1. The lowest BCUT2D eigenvalue weighted by molar-refractivity contribution is 0.111. The van der Waals surface area contributed by atoms with Gasteiger partial charge in [0.25, 0.3) is 5.56 Å². The van der Waals surface area contributed by atoms with Crippen LogP contribution in [0.1, 0.15) is 69.4 Å². The van der Waals surface area contributed by atoms with Crippen LogP contribution in [0.4, 0.5) is 10.1 Å². The van der Waals surface area contributed by atoms with Crippen LogP contribution < -0.4 is 16.6 Å². The van der Waals surface area contributed by atoms with Crippen molar-refractivity contribution in [3.05, 3.63) is 74.7 Å². The fourth-order valence-corrected chi connectivity index (χ4v) is 5.61. The Hall–Kier alpha value is -2.93. The molecule has 6 nitrogen and oxygen atoms in total. The van der Waals surface area contributed by atoms with Gasteiger partial charge in [0.2, 0.25) is 0 Å². The van der Waals surface area contributed by atoms with Crippen LogP contribution in [-0.4, -0.2) is 21.8 Å². The van der Waals surface area contributed by atoms with Gasteiger partial charge in [-0.15, -0.1) is 0 Å². The van der Waals surface area contributed by atoms with Crippen LogP contribution in [0, 0.1) is 5.82 Å². The molecule has 2 saturated carbocycles. The molecule has 1 heterocycles. The van der Waals surface area contributed by atoms with Crippen molar-refractivity contribution in [2.24, 2.45) is 0 Å².